The van der Waals surface area contributed by atoms with Crippen LogP contribution in [0, 0.1) is 0 Å². The molecule has 0 aromatic rings. The molecule has 3 N–H and O–H groups in total. The molecule has 1 amide bonds. The molecule has 4 nitrogen and oxygen atoms in total. The van der Waals surface area contributed by atoms with E-state index in [0.29, 0.717) is 6.42 Å². The summed E-state index contributed by atoms with van der Waals surface area (Å²) in [5.41, 5.74) is 5.62. The highest BCUT2D eigenvalue weighted by atomic mass is 16.1. The molecule has 0 aliphatic carbocycles. The lowest BCUT2D eigenvalue weighted by Crippen LogP contribution is -2.33. The van der Waals surface area contributed by atoms with Crippen LogP contribution in [-0.2, 0) is 4.79 Å². The number of nitrogens with two attached hydrogens (primary N) is 1. The molecule has 1 saturated heterocycles. The summed E-state index contributed by atoms with van der Waals surface area (Å²) in [7, 11) is 0. The number of nitrogens with one attached hydrogen (secondary N) is 1. The SMILES string of the molecule is CC(N)CCCC(=O)NCCN1CCCC1. The van der Waals surface area contributed by atoms with E-state index in [1.807, 2.05) is 6.92 Å². The third-order valence-corrected chi connectivity index (χ3v) is 3.01. The van der Waals surface area contributed by atoms with Gasteiger partial charge in [-0.25, -0.2) is 0 Å². The fourth-order valence-corrected chi connectivity index (χ4v) is 2.03. The Hall–Kier alpha value is -0.610. The fourth-order valence-electron chi connectivity index (χ4n) is 2.03. The normalized spacial score (nSPS) is 18.6. The number of amides is 1. The van der Waals surface area contributed by atoms with Gasteiger partial charge in [0.1, 0.15) is 0 Å². The van der Waals surface area contributed by atoms with Crippen molar-refractivity contribution < 1.29 is 4.79 Å². The summed E-state index contributed by atoms with van der Waals surface area (Å²) in [6, 6.07) is 0.206. The van der Waals surface area contributed by atoms with Crippen LogP contribution in [-0.4, -0.2) is 43.0 Å². The smallest absolute Gasteiger partial charge is 0.220 e. The largest absolute Gasteiger partial charge is 0.355 e. The van der Waals surface area contributed by atoms with E-state index in [0.717, 1.165) is 25.9 Å². The Labute approximate surface area is 98.6 Å². The minimum absolute atomic E-state index is 0.167. The third kappa shape index (κ3) is 6.08. The number of nitrogens with zero attached hydrogens (tertiary/aromatic N) is 1. The molecule has 94 valence electrons. The maximum Gasteiger partial charge on any atom is 0.220 e. The molecule has 0 radical (unpaired) electrons. The zero-order chi connectivity index (χ0) is 11.8. The molecular weight excluding hydrogens is 202 g/mol. The van der Waals surface area contributed by atoms with Crippen molar-refractivity contribution in [2.75, 3.05) is 26.2 Å². The molecule has 1 rings (SSSR count). The molecule has 1 aliphatic heterocycles. The van der Waals surface area contributed by atoms with Gasteiger partial charge in [0.2, 0.25) is 5.91 Å². The van der Waals surface area contributed by atoms with Crippen LogP contribution < -0.4 is 11.1 Å². The van der Waals surface area contributed by atoms with Gasteiger partial charge in [-0.05, 0) is 45.7 Å². The van der Waals surface area contributed by atoms with Gasteiger partial charge in [-0.1, -0.05) is 0 Å². The van der Waals surface area contributed by atoms with Gasteiger partial charge in [0.15, 0.2) is 0 Å². The average molecular weight is 227 g/mol. The quantitative estimate of drug-likeness (QED) is 0.673. The average Bonchev–Trinajstić information content (AvgIpc) is 2.70. The van der Waals surface area contributed by atoms with Crippen LogP contribution in [0.2, 0.25) is 0 Å². The highest BCUT2D eigenvalue weighted by Crippen LogP contribution is 2.05. The van der Waals surface area contributed by atoms with Gasteiger partial charge in [0.25, 0.3) is 0 Å². The molecule has 0 aromatic heterocycles. The topological polar surface area (TPSA) is 58.4 Å². The van der Waals surface area contributed by atoms with Crippen molar-refractivity contribution in [2.45, 2.75) is 45.1 Å². The molecule has 1 fully saturated rings. The van der Waals surface area contributed by atoms with Crippen LogP contribution in [0.1, 0.15) is 39.0 Å². The summed E-state index contributed by atoms with van der Waals surface area (Å²) < 4.78 is 0. The summed E-state index contributed by atoms with van der Waals surface area (Å²) in [4.78, 5) is 13.8. The van der Waals surface area contributed by atoms with Gasteiger partial charge < -0.3 is 16.0 Å². The molecule has 0 bridgehead atoms. The second-order valence-corrected chi connectivity index (χ2v) is 4.77. The van der Waals surface area contributed by atoms with Crippen LogP contribution in [0.3, 0.4) is 0 Å². The number of carbonyl (C=O) groups is 1. The Morgan fingerprint density at radius 2 is 2.12 bits per heavy atom. The minimum Gasteiger partial charge on any atom is -0.355 e. The van der Waals surface area contributed by atoms with Crippen molar-refractivity contribution in [2.24, 2.45) is 5.73 Å². The fraction of sp³-hybridized carbons (Fsp3) is 0.917. The molecule has 1 atom stereocenters. The van der Waals surface area contributed by atoms with E-state index in [1.165, 1.54) is 25.9 Å². The van der Waals surface area contributed by atoms with E-state index < -0.39 is 0 Å². The number of hydrogen-bond donors (Lipinski definition) is 2. The Morgan fingerprint density at radius 3 is 2.75 bits per heavy atom. The molecule has 16 heavy (non-hydrogen) atoms. The van der Waals surface area contributed by atoms with Crippen molar-refractivity contribution in [1.82, 2.24) is 10.2 Å². The maximum absolute atomic E-state index is 11.4. The van der Waals surface area contributed by atoms with Crippen molar-refractivity contribution in [1.29, 1.82) is 0 Å². The van der Waals surface area contributed by atoms with E-state index in [4.69, 9.17) is 5.73 Å². The van der Waals surface area contributed by atoms with E-state index >= 15 is 0 Å². The van der Waals surface area contributed by atoms with Gasteiger partial charge in [-0.15, -0.1) is 0 Å². The van der Waals surface area contributed by atoms with Gasteiger partial charge in [-0.3, -0.25) is 4.79 Å². The summed E-state index contributed by atoms with van der Waals surface area (Å²) in [5, 5.41) is 2.96. The summed E-state index contributed by atoms with van der Waals surface area (Å²) >= 11 is 0. The first-order chi connectivity index (χ1) is 7.68. The number of likely N-dealkylation sites (tertiary alicyclic amines) is 1. The van der Waals surface area contributed by atoms with Crippen molar-refractivity contribution in [3.63, 3.8) is 0 Å². The maximum atomic E-state index is 11.4. The monoisotopic (exact) mass is 227 g/mol. The summed E-state index contributed by atoms with van der Waals surface area (Å²) in [6.45, 7) is 6.16. The Kier molecular flexibility index (Phi) is 6.42. The Balaban J connectivity index is 1.93. The lowest BCUT2D eigenvalue weighted by molar-refractivity contribution is -0.121. The predicted molar refractivity (Wildman–Crippen MR) is 66.2 cm³/mol. The van der Waals surface area contributed by atoms with Gasteiger partial charge in [-0.2, -0.15) is 0 Å². The highest BCUT2D eigenvalue weighted by Gasteiger charge is 2.10. The molecule has 1 unspecified atom stereocenters. The first-order valence-corrected chi connectivity index (χ1v) is 6.43. The minimum atomic E-state index is 0.167. The third-order valence-electron chi connectivity index (χ3n) is 3.01. The van der Waals surface area contributed by atoms with Crippen molar-refractivity contribution in [3.05, 3.63) is 0 Å². The molecule has 0 spiro atoms. The van der Waals surface area contributed by atoms with Crippen LogP contribution in [0.4, 0.5) is 0 Å². The van der Waals surface area contributed by atoms with E-state index in [9.17, 15) is 4.79 Å². The summed E-state index contributed by atoms with van der Waals surface area (Å²) in [5.74, 6) is 0.167. The zero-order valence-electron chi connectivity index (χ0n) is 10.4. The lowest BCUT2D eigenvalue weighted by Gasteiger charge is -2.14. The number of carbonyl (C=O) groups excluding carboxylic acids is 1. The van der Waals surface area contributed by atoms with E-state index in [1.54, 1.807) is 0 Å². The number of rotatable bonds is 7. The van der Waals surface area contributed by atoms with Crippen molar-refractivity contribution in [3.8, 4) is 0 Å². The van der Waals surface area contributed by atoms with Gasteiger partial charge in [0, 0.05) is 25.6 Å². The molecule has 0 saturated carbocycles. The lowest BCUT2D eigenvalue weighted by atomic mass is 10.1. The van der Waals surface area contributed by atoms with Crippen molar-refractivity contribution >= 4 is 5.91 Å². The standard InChI is InChI=1S/C12H25N3O/c1-11(13)5-4-6-12(16)14-7-10-15-8-2-3-9-15/h11H,2-10,13H2,1H3,(H,14,16). The molecule has 1 aliphatic rings. The van der Waals surface area contributed by atoms with Crippen LogP contribution >= 0.6 is 0 Å². The first kappa shape index (κ1) is 13.5. The Morgan fingerprint density at radius 1 is 1.44 bits per heavy atom. The van der Waals surface area contributed by atoms with Crippen LogP contribution in [0.25, 0.3) is 0 Å². The predicted octanol–water partition coefficient (Wildman–Crippen LogP) is 0.716. The second-order valence-electron chi connectivity index (χ2n) is 4.77. The molecule has 1 heterocycles. The van der Waals surface area contributed by atoms with Crippen LogP contribution in [0.15, 0.2) is 0 Å². The van der Waals surface area contributed by atoms with Crippen LogP contribution in [0.5, 0.6) is 0 Å². The first-order valence-electron chi connectivity index (χ1n) is 6.43. The summed E-state index contributed by atoms with van der Waals surface area (Å²) in [6.07, 6.45) is 5.05. The van der Waals surface area contributed by atoms with E-state index in [-0.39, 0.29) is 11.9 Å². The highest BCUT2D eigenvalue weighted by molar-refractivity contribution is 5.75. The Bertz CT molecular complexity index is 200. The molecular formula is C12H25N3O. The van der Waals surface area contributed by atoms with Gasteiger partial charge in [0.05, 0.1) is 0 Å². The van der Waals surface area contributed by atoms with Gasteiger partial charge >= 0.3 is 0 Å². The second kappa shape index (κ2) is 7.63. The zero-order valence-corrected chi connectivity index (χ0v) is 10.4. The number of hydrogen-bond acceptors (Lipinski definition) is 3. The van der Waals surface area contributed by atoms with E-state index in [2.05, 4.69) is 10.2 Å². The molecule has 0 aromatic carbocycles. The molecule has 4 heteroatoms.